The predicted octanol–water partition coefficient (Wildman–Crippen LogP) is 3.37. The fourth-order valence-electron chi connectivity index (χ4n) is 2.82. The van der Waals surface area contributed by atoms with Gasteiger partial charge in [-0.25, -0.2) is 4.39 Å². The third-order valence-corrected chi connectivity index (χ3v) is 5.13. The molecule has 0 aliphatic heterocycles. The summed E-state index contributed by atoms with van der Waals surface area (Å²) in [5.74, 6) is -0.0522. The minimum Gasteiger partial charge on any atom is -0.206 e. The molecule has 0 N–H and O–H groups in total. The van der Waals surface area contributed by atoms with Crippen LogP contribution in [0.5, 0.6) is 0 Å². The van der Waals surface area contributed by atoms with Gasteiger partial charge >= 0.3 is 0 Å². The van der Waals surface area contributed by atoms with Crippen LogP contribution in [0, 0.1) is 12.7 Å². The Hall–Kier alpha value is -3.66. The number of benzene rings is 2. The zero-order valence-electron chi connectivity index (χ0n) is 15.1. The van der Waals surface area contributed by atoms with Crippen LogP contribution < -0.4 is 0 Å². The number of hydrogen-bond acceptors (Lipinski definition) is 7. The molecule has 5 rings (SSSR count). The van der Waals surface area contributed by atoms with E-state index in [0.29, 0.717) is 27.2 Å². The van der Waals surface area contributed by atoms with Crippen molar-refractivity contribution in [2.45, 2.75) is 17.1 Å². The average molecular weight is 404 g/mol. The van der Waals surface area contributed by atoms with Crippen molar-refractivity contribution in [3.8, 4) is 17.1 Å². The zero-order chi connectivity index (χ0) is 19.8. The molecule has 3 heterocycles. The highest BCUT2D eigenvalue weighted by Gasteiger charge is 2.16. The molecule has 0 unspecified atom stereocenters. The van der Waals surface area contributed by atoms with Crippen LogP contribution in [0.25, 0.3) is 22.7 Å². The first-order chi connectivity index (χ1) is 14.2. The van der Waals surface area contributed by atoms with Crippen molar-refractivity contribution in [1.29, 1.82) is 0 Å². The highest BCUT2D eigenvalue weighted by atomic mass is 32.2. The van der Waals surface area contributed by atoms with E-state index in [2.05, 4.69) is 30.8 Å². The second-order valence-electron chi connectivity index (χ2n) is 6.26. The maximum absolute atomic E-state index is 14.2. The number of fused-ring (bicyclic) bond motifs is 1. The van der Waals surface area contributed by atoms with Crippen LogP contribution in [0.4, 0.5) is 4.39 Å². The molecule has 0 saturated heterocycles. The van der Waals surface area contributed by atoms with Crippen LogP contribution in [-0.4, -0.2) is 40.0 Å². The van der Waals surface area contributed by atoms with E-state index in [0.717, 1.165) is 11.3 Å². The van der Waals surface area contributed by atoms with E-state index in [9.17, 15) is 4.39 Å². The largest absolute Gasteiger partial charge is 0.220 e. The number of aryl methyl sites for hydroxylation is 1. The van der Waals surface area contributed by atoms with Gasteiger partial charge in [0.15, 0.2) is 11.5 Å². The van der Waals surface area contributed by atoms with Crippen molar-refractivity contribution in [1.82, 2.24) is 40.0 Å². The summed E-state index contributed by atoms with van der Waals surface area (Å²) in [4.78, 5) is 0. The van der Waals surface area contributed by atoms with Gasteiger partial charge in [-0.3, -0.25) is 0 Å². The number of halogens is 1. The Morgan fingerprint density at radius 3 is 2.55 bits per heavy atom. The van der Waals surface area contributed by atoms with E-state index < -0.39 is 0 Å². The van der Waals surface area contributed by atoms with Crippen molar-refractivity contribution >= 4 is 17.4 Å². The van der Waals surface area contributed by atoms with E-state index in [1.807, 2.05) is 31.2 Å². The van der Waals surface area contributed by atoms with Gasteiger partial charge in [-0.15, -0.1) is 15.3 Å². The number of hydrogen-bond donors (Lipinski definition) is 0. The Labute approximate surface area is 168 Å². The summed E-state index contributed by atoms with van der Waals surface area (Å²) in [6.07, 6.45) is 0. The minimum atomic E-state index is -0.384. The SMILES string of the molecule is Cc1ccc(-n2nnnc2Sc2ccc3nnc(-c4ccccc4F)n3n2)cc1. The zero-order valence-corrected chi connectivity index (χ0v) is 16.0. The standard InChI is InChI=1S/C19H13FN8S/c1-12-6-8-13(9-7-12)27-19(23-25-26-27)29-17-11-10-16-21-22-18(28(16)24-17)14-4-2-3-5-15(14)20/h2-11H,1H3. The minimum absolute atomic E-state index is 0.332. The molecule has 0 aliphatic rings. The average Bonchev–Trinajstić information content (AvgIpc) is 3.36. The first kappa shape index (κ1) is 17.4. The summed E-state index contributed by atoms with van der Waals surface area (Å²) < 4.78 is 17.4. The summed E-state index contributed by atoms with van der Waals surface area (Å²) in [7, 11) is 0. The third kappa shape index (κ3) is 3.23. The van der Waals surface area contributed by atoms with Crippen molar-refractivity contribution in [3.05, 3.63) is 72.0 Å². The van der Waals surface area contributed by atoms with Crippen LogP contribution in [0.15, 0.2) is 70.8 Å². The van der Waals surface area contributed by atoms with E-state index >= 15 is 0 Å². The molecule has 0 atom stereocenters. The number of nitrogens with zero attached hydrogens (tertiary/aromatic N) is 8. The maximum atomic E-state index is 14.2. The van der Waals surface area contributed by atoms with Crippen LogP contribution >= 0.6 is 11.8 Å². The highest BCUT2D eigenvalue weighted by molar-refractivity contribution is 7.99. The molecule has 0 spiro atoms. The molecule has 0 amide bonds. The van der Waals surface area contributed by atoms with Gasteiger partial charge in [0.1, 0.15) is 10.8 Å². The second-order valence-corrected chi connectivity index (χ2v) is 7.24. The van der Waals surface area contributed by atoms with Crippen LogP contribution in [0.2, 0.25) is 0 Å². The van der Waals surface area contributed by atoms with Gasteiger partial charge in [-0.05, 0) is 65.5 Å². The molecule has 3 aromatic heterocycles. The van der Waals surface area contributed by atoms with Gasteiger partial charge in [0.2, 0.25) is 5.16 Å². The van der Waals surface area contributed by atoms with Gasteiger partial charge in [0.25, 0.3) is 0 Å². The van der Waals surface area contributed by atoms with Crippen molar-refractivity contribution in [2.24, 2.45) is 0 Å². The van der Waals surface area contributed by atoms with Gasteiger partial charge in [0.05, 0.1) is 11.3 Å². The molecular weight excluding hydrogens is 391 g/mol. The first-order valence-corrected chi connectivity index (χ1v) is 9.51. The lowest BCUT2D eigenvalue weighted by Crippen LogP contribution is -2.01. The fraction of sp³-hybridized carbons (Fsp3) is 0.0526. The molecule has 0 radical (unpaired) electrons. The predicted molar refractivity (Wildman–Crippen MR) is 104 cm³/mol. The Morgan fingerprint density at radius 2 is 1.72 bits per heavy atom. The molecular formula is C19H13FN8S. The van der Waals surface area contributed by atoms with E-state index in [4.69, 9.17) is 0 Å². The summed E-state index contributed by atoms with van der Waals surface area (Å²) in [6, 6.07) is 17.8. The monoisotopic (exact) mass is 404 g/mol. The molecule has 29 heavy (non-hydrogen) atoms. The van der Waals surface area contributed by atoms with Crippen LogP contribution in [-0.2, 0) is 0 Å². The Kier molecular flexibility index (Phi) is 4.24. The normalized spacial score (nSPS) is 11.2. The number of aromatic nitrogens is 8. The first-order valence-electron chi connectivity index (χ1n) is 8.70. The van der Waals surface area contributed by atoms with E-state index in [-0.39, 0.29) is 5.82 Å². The molecule has 2 aromatic carbocycles. The molecule has 0 aliphatic carbocycles. The third-order valence-electron chi connectivity index (χ3n) is 4.27. The Morgan fingerprint density at radius 1 is 0.897 bits per heavy atom. The lowest BCUT2D eigenvalue weighted by atomic mass is 10.2. The second kappa shape index (κ2) is 7.06. The topological polar surface area (TPSA) is 86.7 Å². The van der Waals surface area contributed by atoms with Crippen molar-refractivity contribution in [3.63, 3.8) is 0 Å². The van der Waals surface area contributed by atoms with Crippen molar-refractivity contribution < 1.29 is 4.39 Å². The maximum Gasteiger partial charge on any atom is 0.220 e. The highest BCUT2D eigenvalue weighted by Crippen LogP contribution is 2.27. The van der Waals surface area contributed by atoms with Crippen molar-refractivity contribution in [2.75, 3.05) is 0 Å². The molecule has 5 aromatic rings. The molecule has 8 nitrogen and oxygen atoms in total. The summed E-state index contributed by atoms with van der Waals surface area (Å²) in [5, 5.41) is 25.8. The lowest BCUT2D eigenvalue weighted by Gasteiger charge is -2.05. The molecule has 10 heteroatoms. The smallest absolute Gasteiger partial charge is 0.206 e. The number of rotatable bonds is 4. The van der Waals surface area contributed by atoms with Crippen LogP contribution in [0.3, 0.4) is 0 Å². The lowest BCUT2D eigenvalue weighted by molar-refractivity contribution is 0.629. The van der Waals surface area contributed by atoms with Gasteiger partial charge in [-0.2, -0.15) is 14.3 Å². The number of tetrazole rings is 1. The molecule has 0 fully saturated rings. The summed E-state index contributed by atoms with van der Waals surface area (Å²) in [6.45, 7) is 2.02. The van der Waals surface area contributed by atoms with E-state index in [1.165, 1.54) is 22.3 Å². The van der Waals surface area contributed by atoms with Gasteiger partial charge < -0.3 is 0 Å². The molecule has 142 valence electrons. The molecule has 0 saturated carbocycles. The van der Waals surface area contributed by atoms with Crippen LogP contribution in [0.1, 0.15) is 5.56 Å². The van der Waals surface area contributed by atoms with Gasteiger partial charge in [-0.1, -0.05) is 29.8 Å². The van der Waals surface area contributed by atoms with E-state index in [1.54, 1.807) is 35.0 Å². The summed E-state index contributed by atoms with van der Waals surface area (Å²) >= 11 is 1.29. The Bertz CT molecular complexity index is 1310. The quantitative estimate of drug-likeness (QED) is 0.454. The fourth-order valence-corrected chi connectivity index (χ4v) is 3.57. The Balaban J connectivity index is 1.53. The molecule has 0 bridgehead atoms. The van der Waals surface area contributed by atoms with Gasteiger partial charge in [0, 0.05) is 0 Å². The summed E-state index contributed by atoms with van der Waals surface area (Å²) in [5.41, 5.74) is 2.85.